The predicted octanol–water partition coefficient (Wildman–Crippen LogP) is 7.62. The summed E-state index contributed by atoms with van der Waals surface area (Å²) in [7, 11) is -3.90. The molecule has 0 bridgehead atoms. The van der Waals surface area contributed by atoms with Gasteiger partial charge in [0.05, 0.1) is 22.8 Å². The number of hydrogen-bond acceptors (Lipinski definition) is 5. The molecular weight excluding hydrogens is 591 g/mol. The molecule has 0 radical (unpaired) electrons. The molecule has 0 saturated carbocycles. The molecule has 5 aromatic carbocycles. The van der Waals surface area contributed by atoms with Crippen LogP contribution in [0.3, 0.4) is 0 Å². The number of anilines is 1. The van der Waals surface area contributed by atoms with E-state index in [1.807, 2.05) is 29.2 Å². The first-order chi connectivity index (χ1) is 20.3. The van der Waals surface area contributed by atoms with Gasteiger partial charge in [-0.1, -0.05) is 77.8 Å². The summed E-state index contributed by atoms with van der Waals surface area (Å²) >= 11 is 12.3. The molecule has 0 spiro atoms. The number of rotatable bonds is 5. The van der Waals surface area contributed by atoms with Gasteiger partial charge in [-0.05, 0) is 71.8 Å². The van der Waals surface area contributed by atoms with Crippen molar-refractivity contribution in [3.05, 3.63) is 135 Å². The monoisotopic (exact) mass is 612 g/mol. The van der Waals surface area contributed by atoms with Crippen molar-refractivity contribution < 1.29 is 17.9 Å². The molecular formula is C33H22Cl2N2O4S. The molecule has 0 N–H and O–H groups in total. The molecule has 0 unspecified atom stereocenters. The van der Waals surface area contributed by atoms with E-state index in [1.165, 1.54) is 28.6 Å². The average molecular weight is 614 g/mol. The number of amidine groups is 1. The van der Waals surface area contributed by atoms with E-state index in [0.29, 0.717) is 27.7 Å². The first-order valence-electron chi connectivity index (χ1n) is 13.3. The molecule has 1 aliphatic heterocycles. The van der Waals surface area contributed by atoms with Crippen LogP contribution in [0.5, 0.6) is 5.75 Å². The SMILES string of the molecule is O=C(Oc1ccccc1CN(C1=NS(=O)(=O)c2ccccc21)c1ccc2c3c(cccc13)CC2)c1ccc(Cl)cc1Cl. The van der Waals surface area contributed by atoms with Crippen LogP contribution in [-0.2, 0) is 29.4 Å². The van der Waals surface area contributed by atoms with E-state index in [0.717, 1.165) is 23.9 Å². The average Bonchev–Trinajstić information content (AvgIpc) is 3.52. The molecule has 42 heavy (non-hydrogen) atoms. The smallest absolute Gasteiger partial charge is 0.345 e. The standard InChI is InChI=1S/C33H22Cl2N2O4S/c34-23-15-16-24(27(35)18-23)33(38)41-29-10-3-1-6-22(29)19-37(32-26-8-2-4-11-30(26)42(39,40)36-32)28-17-14-21-13-12-20-7-5-9-25(28)31(20)21/h1-11,14-18H,12-13,19H2. The minimum absolute atomic E-state index is 0.160. The predicted molar refractivity (Wildman–Crippen MR) is 166 cm³/mol. The number of para-hydroxylation sites is 1. The Morgan fingerprint density at radius 1 is 0.857 bits per heavy atom. The molecule has 5 aromatic rings. The lowest BCUT2D eigenvalue weighted by molar-refractivity contribution is 0.0733. The van der Waals surface area contributed by atoms with Crippen LogP contribution < -0.4 is 9.64 Å². The first kappa shape index (κ1) is 26.7. The van der Waals surface area contributed by atoms with Crippen LogP contribution in [0.1, 0.15) is 32.6 Å². The highest BCUT2D eigenvalue weighted by molar-refractivity contribution is 7.90. The fourth-order valence-corrected chi connectivity index (χ4v) is 7.43. The molecule has 9 heteroatoms. The van der Waals surface area contributed by atoms with Gasteiger partial charge in [0.25, 0.3) is 10.0 Å². The maximum absolute atomic E-state index is 13.2. The molecule has 0 atom stereocenters. The summed E-state index contributed by atoms with van der Waals surface area (Å²) in [4.78, 5) is 15.2. The summed E-state index contributed by atoms with van der Waals surface area (Å²) in [6.07, 6.45) is 1.92. The molecule has 0 amide bonds. The van der Waals surface area contributed by atoms with E-state index in [1.54, 1.807) is 42.5 Å². The van der Waals surface area contributed by atoms with E-state index in [4.69, 9.17) is 27.9 Å². The Morgan fingerprint density at radius 2 is 1.62 bits per heavy atom. The molecule has 0 aromatic heterocycles. The largest absolute Gasteiger partial charge is 0.423 e. The Hall–Kier alpha value is -4.17. The van der Waals surface area contributed by atoms with Gasteiger partial charge in [-0.15, -0.1) is 4.40 Å². The molecule has 7 rings (SSSR count). The quantitative estimate of drug-likeness (QED) is 0.151. The summed E-state index contributed by atoms with van der Waals surface area (Å²) < 4.78 is 36.4. The fourth-order valence-electron chi connectivity index (χ4n) is 5.74. The lowest BCUT2D eigenvalue weighted by Gasteiger charge is -2.27. The summed E-state index contributed by atoms with van der Waals surface area (Å²) in [5.74, 6) is -0.00232. The Kier molecular flexibility index (Phi) is 6.54. The van der Waals surface area contributed by atoms with Gasteiger partial charge < -0.3 is 9.64 Å². The van der Waals surface area contributed by atoms with Crippen molar-refractivity contribution in [1.29, 1.82) is 0 Å². The van der Waals surface area contributed by atoms with Crippen molar-refractivity contribution in [1.82, 2.24) is 0 Å². The fraction of sp³-hybridized carbons (Fsp3) is 0.0909. The van der Waals surface area contributed by atoms with E-state index in [-0.39, 0.29) is 22.0 Å². The Morgan fingerprint density at radius 3 is 2.45 bits per heavy atom. The summed E-state index contributed by atoms with van der Waals surface area (Å²) in [6, 6.07) is 28.9. The van der Waals surface area contributed by atoms with Gasteiger partial charge in [0, 0.05) is 21.5 Å². The minimum Gasteiger partial charge on any atom is -0.423 e. The summed E-state index contributed by atoms with van der Waals surface area (Å²) in [6.45, 7) is 0.180. The number of esters is 1. The number of carbonyl (C=O) groups is 1. The highest BCUT2D eigenvalue weighted by atomic mass is 35.5. The molecule has 6 nitrogen and oxygen atoms in total. The number of halogens is 2. The van der Waals surface area contributed by atoms with Crippen LogP contribution in [0.25, 0.3) is 10.8 Å². The van der Waals surface area contributed by atoms with Crippen molar-refractivity contribution in [2.45, 2.75) is 24.3 Å². The highest BCUT2D eigenvalue weighted by Gasteiger charge is 2.34. The van der Waals surface area contributed by atoms with Crippen molar-refractivity contribution in [2.24, 2.45) is 4.40 Å². The Bertz CT molecular complexity index is 2060. The number of hydrogen-bond donors (Lipinski definition) is 0. The number of aryl methyl sites for hydroxylation is 2. The molecule has 1 aliphatic carbocycles. The first-order valence-corrected chi connectivity index (χ1v) is 15.5. The number of ether oxygens (including phenoxy) is 1. The Labute approximate surface area is 252 Å². The van der Waals surface area contributed by atoms with Crippen LogP contribution in [0.2, 0.25) is 10.0 Å². The maximum atomic E-state index is 13.2. The number of carbonyl (C=O) groups excluding carboxylic acids is 1. The van der Waals surface area contributed by atoms with Crippen molar-refractivity contribution >= 4 is 61.5 Å². The third-order valence-corrected chi connectivity index (χ3v) is 9.54. The molecule has 0 saturated heterocycles. The highest BCUT2D eigenvalue weighted by Crippen LogP contribution is 2.40. The van der Waals surface area contributed by atoms with Crippen LogP contribution in [-0.4, -0.2) is 20.2 Å². The zero-order valence-electron chi connectivity index (χ0n) is 22.1. The van der Waals surface area contributed by atoms with Crippen LogP contribution >= 0.6 is 23.2 Å². The van der Waals surface area contributed by atoms with E-state index < -0.39 is 16.0 Å². The number of benzene rings is 5. The lowest BCUT2D eigenvalue weighted by Crippen LogP contribution is -2.31. The van der Waals surface area contributed by atoms with E-state index in [9.17, 15) is 13.2 Å². The summed E-state index contributed by atoms with van der Waals surface area (Å²) in [5, 5.41) is 2.79. The van der Waals surface area contributed by atoms with Crippen LogP contribution in [0.4, 0.5) is 5.69 Å². The number of fused-ring (bicyclic) bond motifs is 1. The van der Waals surface area contributed by atoms with E-state index in [2.05, 4.69) is 22.6 Å². The molecule has 208 valence electrons. The normalized spacial score (nSPS) is 14.5. The van der Waals surface area contributed by atoms with Gasteiger partial charge in [-0.25, -0.2) is 4.79 Å². The van der Waals surface area contributed by atoms with Crippen LogP contribution in [0, 0.1) is 0 Å². The maximum Gasteiger partial charge on any atom is 0.345 e. The van der Waals surface area contributed by atoms with Gasteiger partial charge in [0.15, 0.2) is 5.84 Å². The van der Waals surface area contributed by atoms with E-state index >= 15 is 0 Å². The molecule has 0 fully saturated rings. The third-order valence-electron chi connectivity index (χ3n) is 7.67. The topological polar surface area (TPSA) is 76.0 Å². The molecule has 1 heterocycles. The van der Waals surface area contributed by atoms with Gasteiger partial charge in [0.1, 0.15) is 10.6 Å². The van der Waals surface area contributed by atoms with Crippen molar-refractivity contribution in [2.75, 3.05) is 4.90 Å². The van der Waals surface area contributed by atoms with Gasteiger partial charge >= 0.3 is 5.97 Å². The third kappa shape index (κ3) is 4.54. The van der Waals surface area contributed by atoms with Gasteiger partial charge in [0.2, 0.25) is 0 Å². The second kappa shape index (κ2) is 10.3. The second-order valence-electron chi connectivity index (χ2n) is 10.2. The summed E-state index contributed by atoms with van der Waals surface area (Å²) in [5.41, 5.74) is 4.69. The zero-order chi connectivity index (χ0) is 29.0. The number of nitrogens with zero attached hydrogens (tertiary/aromatic N) is 2. The second-order valence-corrected chi connectivity index (χ2v) is 12.6. The minimum atomic E-state index is -3.90. The van der Waals surface area contributed by atoms with Gasteiger partial charge in [-0.2, -0.15) is 8.42 Å². The van der Waals surface area contributed by atoms with Crippen LogP contribution in [0.15, 0.2) is 106 Å². The van der Waals surface area contributed by atoms with Gasteiger partial charge in [-0.3, -0.25) is 0 Å². The molecule has 2 aliphatic rings. The number of sulfonamides is 1. The Balaban J connectivity index is 1.36. The van der Waals surface area contributed by atoms with Crippen molar-refractivity contribution in [3.63, 3.8) is 0 Å². The zero-order valence-corrected chi connectivity index (χ0v) is 24.4. The lowest BCUT2D eigenvalue weighted by atomic mass is 10.0. The van der Waals surface area contributed by atoms with Crippen molar-refractivity contribution in [3.8, 4) is 5.75 Å².